The molecule has 1 spiro atoms. The second-order valence-corrected chi connectivity index (χ2v) is 6.13. The van der Waals surface area contributed by atoms with Gasteiger partial charge in [-0.15, -0.1) is 0 Å². The summed E-state index contributed by atoms with van der Waals surface area (Å²) >= 11 is 0. The molecule has 1 saturated heterocycles. The number of rotatable bonds is 2. The van der Waals surface area contributed by atoms with E-state index in [1.165, 1.54) is 13.2 Å². The molecule has 2 aliphatic carbocycles. The summed E-state index contributed by atoms with van der Waals surface area (Å²) in [5.74, 6) is -1.99. The van der Waals surface area contributed by atoms with Crippen LogP contribution in [0.4, 0.5) is 0 Å². The molecule has 0 saturated carbocycles. The van der Waals surface area contributed by atoms with Gasteiger partial charge in [0.1, 0.15) is 12.2 Å². The highest BCUT2D eigenvalue weighted by Crippen LogP contribution is 2.62. The molecule has 4 heteroatoms. The molecule has 1 N–H and O–H groups in total. The van der Waals surface area contributed by atoms with E-state index in [0.29, 0.717) is 6.54 Å². The monoisotopic (exact) mass is 307 g/mol. The molecule has 1 aromatic carbocycles. The Bertz CT molecular complexity index is 1020. The molecule has 5 atom stereocenters. The summed E-state index contributed by atoms with van der Waals surface area (Å²) in [7, 11) is 2.97. The van der Waals surface area contributed by atoms with E-state index >= 15 is 0 Å². The van der Waals surface area contributed by atoms with E-state index in [9.17, 15) is 2.74 Å². The van der Waals surface area contributed by atoms with Crippen molar-refractivity contribution in [1.29, 1.82) is 1.43 Å². The van der Waals surface area contributed by atoms with Crippen molar-refractivity contribution >= 4 is 0 Å². The van der Waals surface area contributed by atoms with Gasteiger partial charge in [-0.05, 0) is 38.0 Å². The Balaban J connectivity index is 2.03. The fourth-order valence-electron chi connectivity index (χ4n) is 4.19. The first-order valence-corrected chi connectivity index (χ1v) is 7.34. The molecule has 1 aromatic rings. The number of hydrogen-bond acceptors (Lipinski definition) is 4. The van der Waals surface area contributed by atoms with Gasteiger partial charge < -0.3 is 19.5 Å². The van der Waals surface area contributed by atoms with E-state index in [0.717, 1.165) is 6.08 Å². The van der Waals surface area contributed by atoms with Crippen LogP contribution in [0.2, 0.25) is 0 Å². The van der Waals surface area contributed by atoms with Crippen LogP contribution < -0.4 is 9.47 Å². The molecule has 4 aliphatic rings. The first-order chi connectivity index (χ1) is 13.9. The first-order valence-electron chi connectivity index (χ1n) is 11.2. The van der Waals surface area contributed by atoms with E-state index in [4.69, 9.17) is 17.8 Å². The van der Waals surface area contributed by atoms with Crippen LogP contribution in [-0.2, 0) is 11.8 Å². The molecule has 2 bridgehead atoms. The van der Waals surface area contributed by atoms with Gasteiger partial charge in [0.05, 0.1) is 12.6 Å². The molecule has 1 fully saturated rings. The number of ether oxygens (including phenoxy) is 2. The van der Waals surface area contributed by atoms with Gasteiger partial charge in [-0.1, -0.05) is 18.2 Å². The Morgan fingerprint density at radius 1 is 1.59 bits per heavy atom. The van der Waals surface area contributed by atoms with Crippen molar-refractivity contribution in [3.63, 3.8) is 0 Å². The number of benzene rings is 1. The van der Waals surface area contributed by atoms with Crippen LogP contribution in [0.3, 0.4) is 0 Å². The molecule has 5 rings (SSSR count). The van der Waals surface area contributed by atoms with E-state index in [1.807, 2.05) is 0 Å². The Labute approximate surface area is 141 Å². The number of likely N-dealkylation sites (tertiary alicyclic amines) is 1. The lowest BCUT2D eigenvalue weighted by molar-refractivity contribution is -0.0453. The fourth-order valence-corrected chi connectivity index (χ4v) is 4.19. The SMILES string of the molecule is [2H]OC1([2H])C=C[C@@]2([2H])[C@@H]3N(C)CC[C@@]24c2c(c(OC)c([2H])c([2H])c2C3([2H])[2H])OC14[2H]. The van der Waals surface area contributed by atoms with Crippen molar-refractivity contribution in [3.8, 4) is 11.5 Å². The predicted molar refractivity (Wildman–Crippen MR) is 82.5 cm³/mol. The van der Waals surface area contributed by atoms with E-state index in [-0.39, 0.29) is 41.1 Å². The molecule has 0 radical (unpaired) electrons. The Kier molecular flexibility index (Phi) is 1.36. The number of methoxy groups -OCH3 is 1. The quantitative estimate of drug-likeness (QED) is 0.841. The number of piperidine rings is 1. The minimum Gasteiger partial charge on any atom is -0.493 e. The third-order valence-electron chi connectivity index (χ3n) is 5.19. The summed E-state index contributed by atoms with van der Waals surface area (Å²) in [4.78, 5) is 1.69. The summed E-state index contributed by atoms with van der Waals surface area (Å²) in [6.07, 6.45) is -4.23. The molecule has 2 aliphatic heterocycles. The molecule has 2 unspecified atom stereocenters. The van der Waals surface area contributed by atoms with Crippen LogP contribution in [-0.4, -0.2) is 50.3 Å². The molecule has 116 valence electrons. The molecular weight excluding hydrogens is 278 g/mol. The Hall–Kier alpha value is -1.52. The summed E-state index contributed by atoms with van der Waals surface area (Å²) in [5.41, 5.74) is -1.58. The van der Waals surface area contributed by atoms with Gasteiger partial charge in [0, 0.05) is 27.0 Å². The van der Waals surface area contributed by atoms with Crippen LogP contribution >= 0.6 is 0 Å². The topological polar surface area (TPSA) is 41.9 Å². The van der Waals surface area contributed by atoms with Crippen molar-refractivity contribution in [2.24, 2.45) is 5.89 Å². The highest BCUT2D eigenvalue weighted by Gasteiger charge is 2.64. The van der Waals surface area contributed by atoms with E-state index in [1.54, 1.807) is 11.9 Å². The molecule has 22 heavy (non-hydrogen) atoms. The zero-order valence-corrected chi connectivity index (χ0v) is 12.3. The van der Waals surface area contributed by atoms with E-state index in [2.05, 4.69) is 5.11 Å². The highest BCUT2D eigenvalue weighted by atomic mass is 16.5. The largest absolute Gasteiger partial charge is 0.493 e. The highest BCUT2D eigenvalue weighted by molar-refractivity contribution is 5.62. The third kappa shape index (κ3) is 1.28. The second-order valence-electron chi connectivity index (χ2n) is 6.13. The van der Waals surface area contributed by atoms with Crippen LogP contribution in [0, 0.1) is 5.89 Å². The molecule has 0 aromatic heterocycles. The van der Waals surface area contributed by atoms with Crippen molar-refractivity contribution < 1.29 is 24.2 Å². The van der Waals surface area contributed by atoms with Gasteiger partial charge in [-0.2, -0.15) is 0 Å². The average Bonchev–Trinajstić information content (AvgIpc) is 2.94. The zero-order valence-electron chi connectivity index (χ0n) is 20.3. The summed E-state index contributed by atoms with van der Waals surface area (Å²) in [6.45, 7) is 0.313. The lowest BCUT2D eigenvalue weighted by Gasteiger charge is -2.56. The van der Waals surface area contributed by atoms with Crippen molar-refractivity contribution in [1.82, 2.24) is 4.90 Å². The van der Waals surface area contributed by atoms with Gasteiger partial charge in [0.25, 0.3) is 0 Å². The predicted octanol–water partition coefficient (Wildman–Crippen LogP) is 1.50. The van der Waals surface area contributed by atoms with Crippen molar-refractivity contribution in [3.05, 3.63) is 35.4 Å². The standard InChI is InChI=1S/C18H21NO3/c1-19-8-7-18-11-4-5-13(20)17(18)22-16-14(21-2)6-3-10(15(16)18)9-12(11)19/h3-6,11-13,17,20H,7-9H2,1-2H3/t11-,12+,13?,17?,18-/m0/s1/i3D,6D,9D2,11D,13D,17D,20D. The Morgan fingerprint density at radius 3 is 3.32 bits per heavy atom. The second kappa shape index (κ2) is 4.06. The fraction of sp³-hybridized carbons (Fsp3) is 0.556. The van der Waals surface area contributed by atoms with Crippen LogP contribution in [0.5, 0.6) is 11.5 Å². The van der Waals surface area contributed by atoms with Crippen LogP contribution in [0.15, 0.2) is 24.2 Å². The molecular formula is C18H21NO3. The van der Waals surface area contributed by atoms with Gasteiger partial charge in [0.15, 0.2) is 11.5 Å². The number of hydrogen-bond donors (Lipinski definition) is 1. The Morgan fingerprint density at radius 2 is 2.50 bits per heavy atom. The number of nitrogens with zero attached hydrogens (tertiary/aromatic N) is 1. The molecule has 2 heterocycles. The molecule has 4 nitrogen and oxygen atoms in total. The maximum Gasteiger partial charge on any atom is 0.211 e. The first kappa shape index (κ1) is 7.37. The lowest BCUT2D eigenvalue weighted by Crippen LogP contribution is -2.64. The summed E-state index contributed by atoms with van der Waals surface area (Å²) in [5, 5.41) is 4.68. The van der Waals surface area contributed by atoms with Crippen LogP contribution in [0.25, 0.3) is 0 Å². The molecule has 0 amide bonds. The number of likely N-dealkylation sites (N-methyl/N-ethyl adjacent to an activating group) is 1. The normalized spacial score (nSPS) is 58.5. The number of aliphatic hydroxyl groups is 1. The smallest absolute Gasteiger partial charge is 0.211 e. The summed E-state index contributed by atoms with van der Waals surface area (Å²) < 4.78 is 81.1. The van der Waals surface area contributed by atoms with Gasteiger partial charge >= 0.3 is 0 Å². The van der Waals surface area contributed by atoms with Gasteiger partial charge in [-0.3, -0.25) is 0 Å². The summed E-state index contributed by atoms with van der Waals surface area (Å²) in [6, 6.07) is -1.88. The van der Waals surface area contributed by atoms with Gasteiger partial charge in [-0.25, -0.2) is 0 Å². The van der Waals surface area contributed by atoms with Crippen molar-refractivity contribution in [2.75, 3.05) is 20.7 Å². The lowest BCUT2D eigenvalue weighted by atomic mass is 9.53. The maximum absolute atomic E-state index is 9.47. The van der Waals surface area contributed by atoms with Crippen LogP contribution in [0.1, 0.15) is 27.1 Å². The minimum atomic E-state index is -2.32. The average molecular weight is 307 g/mol. The third-order valence-corrected chi connectivity index (χ3v) is 5.19. The van der Waals surface area contributed by atoms with Gasteiger partial charge in [0.2, 0.25) is 1.43 Å². The zero-order chi connectivity index (χ0) is 22.1. The minimum absolute atomic E-state index is 0.107. The van der Waals surface area contributed by atoms with Crippen molar-refractivity contribution in [2.45, 2.75) is 36.4 Å². The van der Waals surface area contributed by atoms with E-state index < -0.39 is 35.9 Å². The maximum atomic E-state index is 9.47.